The lowest BCUT2D eigenvalue weighted by atomic mass is 9.92. The molecule has 0 aliphatic carbocycles. The molecule has 0 atom stereocenters. The summed E-state index contributed by atoms with van der Waals surface area (Å²) in [6.07, 6.45) is 2.21. The van der Waals surface area contributed by atoms with Gasteiger partial charge in [0.25, 0.3) is 5.56 Å². The molecule has 3 heteroatoms. The zero-order valence-corrected chi connectivity index (χ0v) is 10.6. The van der Waals surface area contributed by atoms with Crippen LogP contribution in [0.25, 0.3) is 10.8 Å². The monoisotopic (exact) mass is 242 g/mol. The second-order valence-corrected chi connectivity index (χ2v) is 5.11. The van der Waals surface area contributed by atoms with Crippen molar-refractivity contribution in [2.45, 2.75) is 25.7 Å². The van der Waals surface area contributed by atoms with Gasteiger partial charge in [0.2, 0.25) is 0 Å². The third kappa shape index (κ3) is 1.95. The van der Waals surface area contributed by atoms with Crippen LogP contribution in [-0.2, 0) is 0 Å². The van der Waals surface area contributed by atoms with Gasteiger partial charge < -0.3 is 10.3 Å². The van der Waals surface area contributed by atoms with Gasteiger partial charge in [0.15, 0.2) is 0 Å². The van der Waals surface area contributed by atoms with Gasteiger partial charge in [-0.15, -0.1) is 0 Å². The van der Waals surface area contributed by atoms with E-state index in [2.05, 4.69) is 29.4 Å². The molecule has 94 valence electrons. The number of aromatic amines is 1. The molecule has 2 aromatic rings. The highest BCUT2D eigenvalue weighted by molar-refractivity contribution is 5.85. The lowest BCUT2D eigenvalue weighted by Crippen LogP contribution is -2.28. The minimum absolute atomic E-state index is 0.0460. The average Bonchev–Trinajstić information content (AvgIpc) is 2.41. The second kappa shape index (κ2) is 4.58. The number of rotatable bonds is 1. The standard InChI is InChI=1S/C15H18N2O/c1-10-3-2-4-12-13(10)9-14(17-15(12)18)11-5-7-16-8-6-11/h2-4,9,11,16H,5-8H2,1H3,(H,17,18). The van der Waals surface area contributed by atoms with E-state index in [4.69, 9.17) is 0 Å². The van der Waals surface area contributed by atoms with Crippen LogP contribution < -0.4 is 10.9 Å². The Kier molecular flexibility index (Phi) is 2.92. The van der Waals surface area contributed by atoms with Crippen molar-refractivity contribution in [3.05, 3.63) is 45.9 Å². The van der Waals surface area contributed by atoms with Gasteiger partial charge >= 0.3 is 0 Å². The fourth-order valence-electron chi connectivity index (χ4n) is 2.81. The Balaban J connectivity index is 2.14. The molecule has 1 aliphatic rings. The van der Waals surface area contributed by atoms with Crippen molar-refractivity contribution < 1.29 is 0 Å². The van der Waals surface area contributed by atoms with E-state index in [9.17, 15) is 4.79 Å². The van der Waals surface area contributed by atoms with E-state index in [1.165, 1.54) is 5.56 Å². The van der Waals surface area contributed by atoms with Crippen LogP contribution in [-0.4, -0.2) is 18.1 Å². The largest absolute Gasteiger partial charge is 0.325 e. The first-order valence-corrected chi connectivity index (χ1v) is 6.59. The summed E-state index contributed by atoms with van der Waals surface area (Å²) in [5, 5.41) is 5.25. The number of aromatic nitrogens is 1. The average molecular weight is 242 g/mol. The molecule has 1 aliphatic heterocycles. The van der Waals surface area contributed by atoms with Gasteiger partial charge in [0.05, 0.1) is 0 Å². The molecular formula is C15H18N2O. The van der Waals surface area contributed by atoms with E-state index in [1.807, 2.05) is 12.1 Å². The number of H-pyrrole nitrogens is 1. The maximum Gasteiger partial charge on any atom is 0.256 e. The highest BCUT2D eigenvalue weighted by atomic mass is 16.1. The Morgan fingerprint density at radius 1 is 1.17 bits per heavy atom. The predicted octanol–water partition coefficient (Wildman–Crippen LogP) is 2.30. The van der Waals surface area contributed by atoms with Crippen LogP contribution in [0.3, 0.4) is 0 Å². The number of hydrogen-bond donors (Lipinski definition) is 2. The van der Waals surface area contributed by atoms with Crippen LogP contribution in [0.15, 0.2) is 29.1 Å². The second-order valence-electron chi connectivity index (χ2n) is 5.11. The van der Waals surface area contributed by atoms with Gasteiger partial charge in [-0.2, -0.15) is 0 Å². The minimum atomic E-state index is 0.0460. The number of fused-ring (bicyclic) bond motifs is 1. The van der Waals surface area contributed by atoms with Crippen LogP contribution in [0, 0.1) is 6.92 Å². The predicted molar refractivity (Wildman–Crippen MR) is 74.2 cm³/mol. The zero-order valence-electron chi connectivity index (χ0n) is 10.6. The van der Waals surface area contributed by atoms with Crippen molar-refractivity contribution in [1.29, 1.82) is 0 Å². The molecule has 18 heavy (non-hydrogen) atoms. The fourth-order valence-corrected chi connectivity index (χ4v) is 2.81. The first-order valence-electron chi connectivity index (χ1n) is 6.59. The summed E-state index contributed by atoms with van der Waals surface area (Å²) in [7, 11) is 0. The Morgan fingerprint density at radius 2 is 1.94 bits per heavy atom. The number of benzene rings is 1. The van der Waals surface area contributed by atoms with Crippen molar-refractivity contribution >= 4 is 10.8 Å². The van der Waals surface area contributed by atoms with Gasteiger partial charge in [0.1, 0.15) is 0 Å². The summed E-state index contributed by atoms with van der Waals surface area (Å²) in [6.45, 7) is 4.14. The summed E-state index contributed by atoms with van der Waals surface area (Å²) < 4.78 is 0. The molecule has 1 aromatic heterocycles. The fraction of sp³-hybridized carbons (Fsp3) is 0.400. The van der Waals surface area contributed by atoms with Gasteiger partial charge in [-0.05, 0) is 55.9 Å². The Labute approximate surface area is 106 Å². The maximum atomic E-state index is 12.1. The lowest BCUT2D eigenvalue weighted by Gasteiger charge is -2.23. The van der Waals surface area contributed by atoms with Crippen LogP contribution in [0.4, 0.5) is 0 Å². The molecule has 2 heterocycles. The van der Waals surface area contributed by atoms with Crippen molar-refractivity contribution in [2.24, 2.45) is 0 Å². The summed E-state index contributed by atoms with van der Waals surface area (Å²) in [4.78, 5) is 15.2. The van der Waals surface area contributed by atoms with Crippen LogP contribution in [0.2, 0.25) is 0 Å². The summed E-state index contributed by atoms with van der Waals surface area (Å²) in [6, 6.07) is 8.07. The van der Waals surface area contributed by atoms with Gasteiger partial charge in [-0.3, -0.25) is 4.79 Å². The highest BCUT2D eigenvalue weighted by Gasteiger charge is 2.17. The van der Waals surface area contributed by atoms with Crippen LogP contribution >= 0.6 is 0 Å². The molecule has 0 bridgehead atoms. The smallest absolute Gasteiger partial charge is 0.256 e. The molecule has 0 saturated carbocycles. The number of nitrogens with one attached hydrogen (secondary N) is 2. The van der Waals surface area contributed by atoms with Gasteiger partial charge in [0, 0.05) is 17.0 Å². The number of piperidine rings is 1. The Morgan fingerprint density at radius 3 is 2.72 bits per heavy atom. The third-order valence-corrected chi connectivity index (χ3v) is 3.91. The number of pyridine rings is 1. The highest BCUT2D eigenvalue weighted by Crippen LogP contribution is 2.25. The number of hydrogen-bond acceptors (Lipinski definition) is 2. The van der Waals surface area contributed by atoms with E-state index in [0.29, 0.717) is 5.92 Å². The van der Waals surface area contributed by atoms with Crippen molar-refractivity contribution in [1.82, 2.24) is 10.3 Å². The van der Waals surface area contributed by atoms with E-state index >= 15 is 0 Å². The number of aryl methyl sites for hydroxylation is 1. The molecule has 3 nitrogen and oxygen atoms in total. The van der Waals surface area contributed by atoms with Crippen molar-refractivity contribution in [3.63, 3.8) is 0 Å². The molecule has 1 aromatic carbocycles. The molecular weight excluding hydrogens is 224 g/mol. The lowest BCUT2D eigenvalue weighted by molar-refractivity contribution is 0.453. The van der Waals surface area contributed by atoms with Crippen molar-refractivity contribution in [3.8, 4) is 0 Å². The normalized spacial score (nSPS) is 17.2. The zero-order chi connectivity index (χ0) is 12.5. The van der Waals surface area contributed by atoms with E-state index in [-0.39, 0.29) is 5.56 Å². The van der Waals surface area contributed by atoms with Gasteiger partial charge in [-0.1, -0.05) is 12.1 Å². The summed E-state index contributed by atoms with van der Waals surface area (Å²) in [5.74, 6) is 0.489. The van der Waals surface area contributed by atoms with E-state index in [0.717, 1.165) is 42.4 Å². The Bertz CT molecular complexity index is 624. The minimum Gasteiger partial charge on any atom is -0.325 e. The maximum absolute atomic E-state index is 12.1. The SMILES string of the molecule is Cc1cccc2c(=O)[nH]c(C3CCNCC3)cc12. The first-order chi connectivity index (χ1) is 8.75. The summed E-state index contributed by atoms with van der Waals surface area (Å²) >= 11 is 0. The van der Waals surface area contributed by atoms with E-state index in [1.54, 1.807) is 0 Å². The third-order valence-electron chi connectivity index (χ3n) is 3.91. The van der Waals surface area contributed by atoms with E-state index < -0.39 is 0 Å². The molecule has 1 saturated heterocycles. The first kappa shape index (κ1) is 11.5. The van der Waals surface area contributed by atoms with Crippen LogP contribution in [0.1, 0.15) is 30.0 Å². The molecule has 2 N–H and O–H groups in total. The molecule has 3 rings (SSSR count). The molecule has 0 amide bonds. The molecule has 0 radical (unpaired) electrons. The van der Waals surface area contributed by atoms with Crippen LogP contribution in [0.5, 0.6) is 0 Å². The van der Waals surface area contributed by atoms with Gasteiger partial charge in [-0.25, -0.2) is 0 Å². The topological polar surface area (TPSA) is 44.9 Å². The molecule has 0 unspecified atom stereocenters. The molecule has 1 fully saturated rings. The quantitative estimate of drug-likeness (QED) is 0.806. The molecule has 0 spiro atoms. The van der Waals surface area contributed by atoms with Crippen molar-refractivity contribution in [2.75, 3.05) is 13.1 Å². The Hall–Kier alpha value is -1.61. The summed E-state index contributed by atoms with van der Waals surface area (Å²) in [5.41, 5.74) is 2.32.